The summed E-state index contributed by atoms with van der Waals surface area (Å²) < 4.78 is 24.9. The molecule has 2 aliphatic carbocycles. The van der Waals surface area contributed by atoms with Crippen LogP contribution in [0.25, 0.3) is 0 Å². The van der Waals surface area contributed by atoms with Crippen LogP contribution in [0.2, 0.25) is 0 Å². The predicted molar refractivity (Wildman–Crippen MR) is 49.4 cm³/mol. The normalized spacial score (nSPS) is 69.1. The zero-order valence-electron chi connectivity index (χ0n) is 7.90. The van der Waals surface area contributed by atoms with Crippen molar-refractivity contribution in [2.75, 3.05) is 0 Å². The predicted octanol–water partition coefficient (Wildman–Crippen LogP) is 1.64. The third-order valence-corrected chi connectivity index (χ3v) is 6.39. The number of rotatable bonds is 0. The highest BCUT2D eigenvalue weighted by molar-refractivity contribution is 7.88. The molecule has 1 N–H and O–H groups in total. The van der Waals surface area contributed by atoms with Crippen LogP contribution >= 0.6 is 0 Å². The molecule has 0 aromatic carbocycles. The molecule has 13 heavy (non-hydrogen) atoms. The number of nitrogens with one attached hydrogen (secondary N) is 1. The topological polar surface area (TPSA) is 50.1 Å². The molecule has 1 saturated heterocycles. The van der Waals surface area contributed by atoms with Crippen LogP contribution in [-0.2, 0) is 14.2 Å². The molecule has 3 aliphatic rings. The Morgan fingerprint density at radius 3 is 2.62 bits per heavy atom. The van der Waals surface area contributed by atoms with Gasteiger partial charge in [-0.3, -0.25) is 4.18 Å². The van der Waals surface area contributed by atoms with E-state index in [4.69, 9.17) is 8.96 Å². The Hall–Kier alpha value is -0.0900. The monoisotopic (exact) mass is 201 g/mol. The molecule has 7 unspecified atom stereocenters. The summed E-state index contributed by atoms with van der Waals surface area (Å²) in [5.41, 5.74) is 0. The van der Waals surface area contributed by atoms with Crippen LogP contribution < -0.4 is 0 Å². The first kappa shape index (κ1) is 8.24. The zero-order valence-corrected chi connectivity index (χ0v) is 8.71. The molecular weight excluding hydrogens is 186 g/mol. The Kier molecular flexibility index (Phi) is 1.34. The summed E-state index contributed by atoms with van der Waals surface area (Å²) in [6.07, 6.45) is 1.28. The summed E-state index contributed by atoms with van der Waals surface area (Å²) in [6, 6.07) is 0. The maximum absolute atomic E-state index is 11.8. The Morgan fingerprint density at radius 2 is 2.00 bits per heavy atom. The summed E-state index contributed by atoms with van der Waals surface area (Å²) in [7, 11) is -2.71. The minimum absolute atomic E-state index is 0.0405. The van der Waals surface area contributed by atoms with E-state index < -0.39 is 10.0 Å². The third-order valence-electron chi connectivity index (χ3n) is 4.39. The second kappa shape index (κ2) is 2.11. The highest BCUT2D eigenvalue weighted by Gasteiger charge is 2.64. The van der Waals surface area contributed by atoms with Gasteiger partial charge in [0.15, 0.2) is 10.0 Å². The summed E-state index contributed by atoms with van der Waals surface area (Å²) >= 11 is 0. The molecule has 2 saturated carbocycles. The lowest BCUT2D eigenvalue weighted by molar-refractivity contribution is 0.125. The van der Waals surface area contributed by atoms with Gasteiger partial charge in [-0.15, -0.1) is 0 Å². The summed E-state index contributed by atoms with van der Waals surface area (Å²) in [5.74, 6) is 2.04. The summed E-state index contributed by atoms with van der Waals surface area (Å²) in [5, 5.41) is 0.0405. The van der Waals surface area contributed by atoms with Crippen molar-refractivity contribution in [2.24, 2.45) is 23.7 Å². The highest BCUT2D eigenvalue weighted by atomic mass is 32.2. The van der Waals surface area contributed by atoms with E-state index >= 15 is 0 Å². The molecule has 3 fully saturated rings. The van der Waals surface area contributed by atoms with Crippen LogP contribution in [-0.4, -0.2) is 15.6 Å². The molecular formula is C9H15NO2S. The number of hydrogen-bond acceptors (Lipinski definition) is 3. The van der Waals surface area contributed by atoms with Gasteiger partial charge in [0.2, 0.25) is 0 Å². The van der Waals surface area contributed by atoms with Crippen molar-refractivity contribution in [1.29, 1.82) is 4.78 Å². The molecule has 0 aromatic heterocycles. The Labute approximate surface area is 79.0 Å². The summed E-state index contributed by atoms with van der Waals surface area (Å²) in [6.45, 7) is 4.33. The summed E-state index contributed by atoms with van der Waals surface area (Å²) in [4.78, 5) is 0. The number of hydrogen-bond donors (Lipinski definition) is 1. The van der Waals surface area contributed by atoms with Gasteiger partial charge in [-0.05, 0) is 24.2 Å². The van der Waals surface area contributed by atoms with Crippen LogP contribution in [0, 0.1) is 28.5 Å². The van der Waals surface area contributed by atoms with Gasteiger partial charge in [-0.2, -0.15) is 0 Å². The van der Waals surface area contributed by atoms with Crippen molar-refractivity contribution in [1.82, 2.24) is 0 Å². The van der Waals surface area contributed by atoms with Gasteiger partial charge in [0.25, 0.3) is 0 Å². The fourth-order valence-electron chi connectivity index (χ4n) is 3.85. The Bertz CT molecular complexity index is 351. The molecule has 1 aliphatic heterocycles. The molecule has 3 nitrogen and oxygen atoms in total. The zero-order chi connectivity index (χ0) is 9.38. The quantitative estimate of drug-likeness (QED) is 0.647. The first-order valence-electron chi connectivity index (χ1n) is 4.98. The molecule has 4 heteroatoms. The van der Waals surface area contributed by atoms with Gasteiger partial charge in [-0.1, -0.05) is 13.8 Å². The molecule has 7 atom stereocenters. The van der Waals surface area contributed by atoms with Crippen molar-refractivity contribution < 1.29 is 8.39 Å². The van der Waals surface area contributed by atoms with Gasteiger partial charge in [0.05, 0.1) is 11.4 Å². The van der Waals surface area contributed by atoms with E-state index in [0.29, 0.717) is 23.7 Å². The van der Waals surface area contributed by atoms with Crippen molar-refractivity contribution >= 4 is 10.0 Å². The van der Waals surface area contributed by atoms with Crippen LogP contribution in [0.15, 0.2) is 0 Å². The molecule has 2 bridgehead atoms. The molecule has 74 valence electrons. The Morgan fingerprint density at radius 1 is 1.31 bits per heavy atom. The SMILES string of the molecule is CC1C2CC3C1OS(=N)(=O)C3C2C. The molecule has 0 spiro atoms. The maximum Gasteiger partial charge on any atom is 0.164 e. The fourth-order valence-corrected chi connectivity index (χ4v) is 6.12. The van der Waals surface area contributed by atoms with Crippen molar-refractivity contribution in [3.63, 3.8) is 0 Å². The minimum Gasteiger partial charge on any atom is -0.281 e. The molecule has 0 radical (unpaired) electrons. The smallest absolute Gasteiger partial charge is 0.164 e. The van der Waals surface area contributed by atoms with Crippen molar-refractivity contribution in [2.45, 2.75) is 31.6 Å². The molecule has 3 rings (SSSR count). The van der Waals surface area contributed by atoms with E-state index in [1.807, 2.05) is 0 Å². The van der Waals surface area contributed by atoms with Gasteiger partial charge >= 0.3 is 0 Å². The lowest BCUT2D eigenvalue weighted by Crippen LogP contribution is -2.33. The lowest BCUT2D eigenvalue weighted by Gasteiger charge is -2.26. The average molecular weight is 201 g/mol. The van der Waals surface area contributed by atoms with Crippen molar-refractivity contribution in [3.05, 3.63) is 0 Å². The second-order valence-corrected chi connectivity index (χ2v) is 6.68. The van der Waals surface area contributed by atoms with Crippen LogP contribution in [0.3, 0.4) is 0 Å². The van der Waals surface area contributed by atoms with Crippen molar-refractivity contribution in [3.8, 4) is 0 Å². The molecule has 0 aromatic rings. The van der Waals surface area contributed by atoms with E-state index in [9.17, 15) is 4.21 Å². The second-order valence-electron chi connectivity index (χ2n) is 4.85. The van der Waals surface area contributed by atoms with Crippen LogP contribution in [0.1, 0.15) is 20.3 Å². The first-order chi connectivity index (χ1) is 6.02. The van der Waals surface area contributed by atoms with E-state index in [0.717, 1.165) is 6.42 Å². The van der Waals surface area contributed by atoms with Crippen LogP contribution in [0.5, 0.6) is 0 Å². The lowest BCUT2D eigenvalue weighted by atomic mass is 9.81. The van der Waals surface area contributed by atoms with E-state index in [2.05, 4.69) is 13.8 Å². The largest absolute Gasteiger partial charge is 0.281 e. The maximum atomic E-state index is 11.8. The number of fused-ring (bicyclic) bond motifs is 1. The van der Waals surface area contributed by atoms with Gasteiger partial charge in [0.1, 0.15) is 0 Å². The van der Waals surface area contributed by atoms with Gasteiger partial charge in [-0.25, -0.2) is 8.99 Å². The van der Waals surface area contributed by atoms with Gasteiger partial charge < -0.3 is 0 Å². The highest BCUT2D eigenvalue weighted by Crippen LogP contribution is 2.59. The first-order valence-corrected chi connectivity index (χ1v) is 6.53. The van der Waals surface area contributed by atoms with E-state index in [-0.39, 0.29) is 11.4 Å². The van der Waals surface area contributed by atoms with E-state index in [1.54, 1.807) is 0 Å². The minimum atomic E-state index is -2.71. The molecule has 0 amide bonds. The average Bonchev–Trinajstić information content (AvgIpc) is 2.54. The molecule has 1 heterocycles. The third kappa shape index (κ3) is 0.773. The van der Waals surface area contributed by atoms with E-state index in [1.165, 1.54) is 0 Å². The fraction of sp³-hybridized carbons (Fsp3) is 1.00. The van der Waals surface area contributed by atoms with Crippen LogP contribution in [0.4, 0.5) is 0 Å². The standard InChI is InChI=1S/C9H15NO2S/c1-4-6-3-7-8(4)12-13(10,11)9(7)5(6)2/h4-10H,3H2,1-2H3. The Balaban J connectivity index is 2.14. The van der Waals surface area contributed by atoms with Gasteiger partial charge in [0, 0.05) is 5.92 Å².